The van der Waals surface area contributed by atoms with Crippen LogP contribution in [-0.2, 0) is 13.0 Å². The van der Waals surface area contributed by atoms with Crippen LogP contribution in [0.2, 0.25) is 5.02 Å². The molecule has 0 saturated heterocycles. The molecule has 3 rings (SSSR count). The van der Waals surface area contributed by atoms with Crippen LogP contribution in [0.5, 0.6) is 0 Å². The Hall–Kier alpha value is -1.51. The Morgan fingerprint density at radius 3 is 2.68 bits per heavy atom. The maximum absolute atomic E-state index is 6.25. The molecule has 1 heterocycles. The molecule has 0 radical (unpaired) electrons. The molecule has 0 amide bonds. The zero-order chi connectivity index (χ0) is 13.2. The summed E-state index contributed by atoms with van der Waals surface area (Å²) in [6.45, 7) is 1.69. The van der Waals surface area contributed by atoms with Gasteiger partial charge in [-0.1, -0.05) is 48.0 Å². The molecule has 0 saturated carbocycles. The van der Waals surface area contributed by atoms with E-state index in [0.717, 1.165) is 30.1 Å². The average molecular weight is 273 g/mol. The normalized spacial score (nSPS) is 18.2. The molecule has 2 N–H and O–H groups in total. The molecule has 2 nitrogen and oxygen atoms in total. The highest BCUT2D eigenvalue weighted by atomic mass is 35.5. The molecule has 1 atom stereocenters. The van der Waals surface area contributed by atoms with Gasteiger partial charge >= 0.3 is 0 Å². The summed E-state index contributed by atoms with van der Waals surface area (Å²) in [4.78, 5) is 2.32. The van der Waals surface area contributed by atoms with Gasteiger partial charge in [0.15, 0.2) is 0 Å². The van der Waals surface area contributed by atoms with Gasteiger partial charge in [-0.05, 0) is 29.7 Å². The summed E-state index contributed by atoms with van der Waals surface area (Å²) >= 11 is 6.25. The predicted octanol–water partition coefficient (Wildman–Crippen LogP) is 3.23. The van der Waals surface area contributed by atoms with E-state index in [4.69, 9.17) is 17.3 Å². The van der Waals surface area contributed by atoms with Crippen molar-refractivity contribution in [2.24, 2.45) is 5.73 Å². The first kappa shape index (κ1) is 12.5. The van der Waals surface area contributed by atoms with Crippen LogP contribution in [0, 0.1) is 0 Å². The highest BCUT2D eigenvalue weighted by Gasteiger charge is 2.21. The summed E-state index contributed by atoms with van der Waals surface area (Å²) in [6, 6.07) is 16.7. The number of nitrogens with zero attached hydrogens (tertiary/aromatic N) is 1. The second-order valence-electron chi connectivity index (χ2n) is 5.06. The van der Waals surface area contributed by atoms with E-state index in [-0.39, 0.29) is 6.04 Å². The highest BCUT2D eigenvalue weighted by Crippen LogP contribution is 2.29. The quantitative estimate of drug-likeness (QED) is 0.909. The van der Waals surface area contributed by atoms with Crippen LogP contribution >= 0.6 is 11.6 Å². The number of nitrogens with two attached hydrogens (primary N) is 1. The van der Waals surface area contributed by atoms with Gasteiger partial charge in [0.2, 0.25) is 0 Å². The van der Waals surface area contributed by atoms with Crippen molar-refractivity contribution in [2.45, 2.75) is 19.0 Å². The Morgan fingerprint density at radius 2 is 1.84 bits per heavy atom. The fourth-order valence-corrected chi connectivity index (χ4v) is 2.90. The second kappa shape index (κ2) is 5.24. The molecule has 3 heteroatoms. The first-order valence-electron chi connectivity index (χ1n) is 6.56. The zero-order valence-electron chi connectivity index (χ0n) is 10.7. The Kier molecular flexibility index (Phi) is 3.45. The smallest absolute Gasteiger partial charge is 0.0455 e. The summed E-state index contributed by atoms with van der Waals surface area (Å²) in [5, 5.41) is 0.819. The Balaban J connectivity index is 1.91. The van der Waals surface area contributed by atoms with E-state index in [1.54, 1.807) is 0 Å². The predicted molar refractivity (Wildman–Crippen MR) is 80.6 cm³/mol. The van der Waals surface area contributed by atoms with Crippen LogP contribution in [0.1, 0.15) is 11.1 Å². The van der Waals surface area contributed by atoms with Crippen LogP contribution in [-0.4, -0.2) is 12.6 Å². The minimum Gasteiger partial charge on any atom is -0.365 e. The van der Waals surface area contributed by atoms with Gasteiger partial charge in [0.1, 0.15) is 0 Å². The number of halogens is 1. The van der Waals surface area contributed by atoms with Crippen molar-refractivity contribution >= 4 is 17.3 Å². The maximum atomic E-state index is 6.25. The van der Waals surface area contributed by atoms with Crippen molar-refractivity contribution in [3.05, 3.63) is 64.7 Å². The molecular formula is C16H17ClN2. The SMILES string of the molecule is NC1Cc2ccccc2N(Cc2ccccc2Cl)C1. The fourth-order valence-electron chi connectivity index (χ4n) is 2.70. The van der Waals surface area contributed by atoms with Crippen LogP contribution < -0.4 is 10.6 Å². The average Bonchev–Trinajstić information content (AvgIpc) is 2.41. The van der Waals surface area contributed by atoms with Gasteiger partial charge in [0, 0.05) is 29.8 Å². The monoisotopic (exact) mass is 272 g/mol. The lowest BCUT2D eigenvalue weighted by atomic mass is 9.98. The Labute approximate surface area is 118 Å². The van der Waals surface area contributed by atoms with E-state index in [1.165, 1.54) is 11.3 Å². The van der Waals surface area contributed by atoms with Gasteiger partial charge in [-0.3, -0.25) is 0 Å². The van der Waals surface area contributed by atoms with Gasteiger partial charge in [-0.2, -0.15) is 0 Å². The molecule has 1 unspecified atom stereocenters. The van der Waals surface area contributed by atoms with Gasteiger partial charge in [-0.25, -0.2) is 0 Å². The van der Waals surface area contributed by atoms with Crippen LogP contribution in [0.25, 0.3) is 0 Å². The number of rotatable bonds is 2. The molecule has 2 aromatic rings. The molecule has 1 aliphatic rings. The van der Waals surface area contributed by atoms with Crippen molar-refractivity contribution in [1.82, 2.24) is 0 Å². The highest BCUT2D eigenvalue weighted by molar-refractivity contribution is 6.31. The molecule has 0 aromatic heterocycles. The third-order valence-corrected chi connectivity index (χ3v) is 3.96. The largest absolute Gasteiger partial charge is 0.365 e. The van der Waals surface area contributed by atoms with Crippen molar-refractivity contribution in [3.63, 3.8) is 0 Å². The third-order valence-electron chi connectivity index (χ3n) is 3.59. The lowest BCUT2D eigenvalue weighted by molar-refractivity contribution is 0.599. The third kappa shape index (κ3) is 2.60. The Bertz CT molecular complexity index is 582. The van der Waals surface area contributed by atoms with Crippen molar-refractivity contribution < 1.29 is 0 Å². The number of fused-ring (bicyclic) bond motifs is 1. The first-order chi connectivity index (χ1) is 9.24. The maximum Gasteiger partial charge on any atom is 0.0455 e. The van der Waals surface area contributed by atoms with Crippen molar-refractivity contribution in [1.29, 1.82) is 0 Å². The van der Waals surface area contributed by atoms with E-state index in [2.05, 4.69) is 35.2 Å². The van der Waals surface area contributed by atoms with Crippen molar-refractivity contribution in [3.8, 4) is 0 Å². The van der Waals surface area contributed by atoms with E-state index in [0.29, 0.717) is 0 Å². The van der Waals surface area contributed by atoms with E-state index in [9.17, 15) is 0 Å². The molecular weight excluding hydrogens is 256 g/mol. The first-order valence-corrected chi connectivity index (χ1v) is 6.93. The number of hydrogen-bond donors (Lipinski definition) is 1. The van der Waals surface area contributed by atoms with E-state index < -0.39 is 0 Å². The summed E-state index contributed by atoms with van der Waals surface area (Å²) < 4.78 is 0. The molecule has 0 spiro atoms. The van der Waals surface area contributed by atoms with Crippen LogP contribution in [0.15, 0.2) is 48.5 Å². The number of benzene rings is 2. The Morgan fingerprint density at radius 1 is 1.11 bits per heavy atom. The molecule has 0 aliphatic carbocycles. The molecule has 0 fully saturated rings. The summed E-state index contributed by atoms with van der Waals surface area (Å²) in [5.41, 5.74) is 9.91. The number of anilines is 1. The zero-order valence-corrected chi connectivity index (χ0v) is 11.5. The molecule has 98 valence electrons. The van der Waals surface area contributed by atoms with Gasteiger partial charge in [0.05, 0.1) is 0 Å². The lowest BCUT2D eigenvalue weighted by Gasteiger charge is -2.35. The lowest BCUT2D eigenvalue weighted by Crippen LogP contribution is -2.42. The molecule has 2 aromatic carbocycles. The second-order valence-corrected chi connectivity index (χ2v) is 5.47. The summed E-state index contributed by atoms with van der Waals surface area (Å²) in [7, 11) is 0. The van der Waals surface area contributed by atoms with Gasteiger partial charge in [0.25, 0.3) is 0 Å². The standard InChI is InChI=1S/C16H17ClN2/c17-15-7-3-1-6-13(15)10-19-11-14(18)9-12-5-2-4-8-16(12)19/h1-8,14H,9-11,18H2. The minimum absolute atomic E-state index is 0.192. The van der Waals surface area contributed by atoms with E-state index >= 15 is 0 Å². The minimum atomic E-state index is 0.192. The number of para-hydroxylation sites is 1. The van der Waals surface area contributed by atoms with Crippen molar-refractivity contribution in [2.75, 3.05) is 11.4 Å². The number of hydrogen-bond acceptors (Lipinski definition) is 2. The fraction of sp³-hybridized carbons (Fsp3) is 0.250. The topological polar surface area (TPSA) is 29.3 Å². The van der Waals surface area contributed by atoms with E-state index in [1.807, 2.05) is 18.2 Å². The summed E-state index contributed by atoms with van der Waals surface area (Å²) in [6.07, 6.45) is 0.954. The molecule has 0 bridgehead atoms. The van der Waals surface area contributed by atoms with Gasteiger partial charge < -0.3 is 10.6 Å². The molecule has 19 heavy (non-hydrogen) atoms. The van der Waals surface area contributed by atoms with Gasteiger partial charge in [-0.15, -0.1) is 0 Å². The van der Waals surface area contributed by atoms with Crippen LogP contribution in [0.3, 0.4) is 0 Å². The summed E-state index contributed by atoms with van der Waals surface area (Å²) in [5.74, 6) is 0. The van der Waals surface area contributed by atoms with Crippen LogP contribution in [0.4, 0.5) is 5.69 Å². The molecule has 1 aliphatic heterocycles.